The summed E-state index contributed by atoms with van der Waals surface area (Å²) < 4.78 is 13.1. The summed E-state index contributed by atoms with van der Waals surface area (Å²) in [5.41, 5.74) is 0.443. The third-order valence-corrected chi connectivity index (χ3v) is 4.90. The number of hydrogen-bond acceptors (Lipinski definition) is 3. The molecule has 1 aromatic rings. The minimum absolute atomic E-state index is 0. The first kappa shape index (κ1) is 21.0. The number of anilines is 1. The lowest BCUT2D eigenvalue weighted by molar-refractivity contribution is -0.115. The van der Waals surface area contributed by atoms with Crippen molar-refractivity contribution in [2.45, 2.75) is 30.6 Å². The first-order valence-electron chi connectivity index (χ1n) is 7.66. The summed E-state index contributed by atoms with van der Waals surface area (Å²) in [4.78, 5) is 16.0. The normalized spacial score (nSPS) is 20.2. The van der Waals surface area contributed by atoms with Gasteiger partial charge in [-0.2, -0.15) is 11.8 Å². The Kier molecular flexibility index (Phi) is 9.42. The molecule has 1 aromatic carbocycles. The van der Waals surface area contributed by atoms with Crippen LogP contribution in [0.25, 0.3) is 0 Å². The Morgan fingerprint density at radius 3 is 2.83 bits per heavy atom. The zero-order valence-electron chi connectivity index (χ0n) is 13.8. The summed E-state index contributed by atoms with van der Waals surface area (Å²) in [6.45, 7) is 0.0782. The highest BCUT2D eigenvalue weighted by Gasteiger charge is 2.24. The molecule has 1 amide bonds. The minimum Gasteiger partial charge on any atom is -0.354 e. The number of rotatable bonds is 5. The van der Waals surface area contributed by atoms with Gasteiger partial charge in [0.05, 0.1) is 6.54 Å². The molecular weight excluding hydrogens is 442 g/mol. The molecule has 8 heteroatoms. The Hall–Kier alpha value is -1.03. The topological polar surface area (TPSA) is 65.5 Å². The second-order valence-electron chi connectivity index (χ2n) is 5.50. The monoisotopic (exact) mass is 466 g/mol. The van der Waals surface area contributed by atoms with Crippen LogP contribution >= 0.6 is 35.7 Å². The largest absolute Gasteiger partial charge is 0.354 e. The zero-order chi connectivity index (χ0) is 16.7. The van der Waals surface area contributed by atoms with Crippen molar-refractivity contribution in [1.82, 2.24) is 10.6 Å². The van der Waals surface area contributed by atoms with E-state index in [0.29, 0.717) is 22.9 Å². The predicted octanol–water partition coefficient (Wildman–Crippen LogP) is 2.83. The van der Waals surface area contributed by atoms with Gasteiger partial charge in [-0.15, -0.1) is 24.0 Å². The van der Waals surface area contributed by atoms with E-state index in [4.69, 9.17) is 0 Å². The Balaban J connectivity index is 0.00000288. The maximum atomic E-state index is 13.1. The molecule has 24 heavy (non-hydrogen) atoms. The molecule has 2 atom stereocenters. The molecule has 0 heterocycles. The van der Waals surface area contributed by atoms with Crippen molar-refractivity contribution < 1.29 is 9.18 Å². The fourth-order valence-electron chi connectivity index (χ4n) is 2.61. The SMILES string of the molecule is CN=C(NCC(=O)Nc1cccc(F)c1)NC1CCC(SC)C1.I. The Labute approximate surface area is 163 Å². The number of thioether (sulfide) groups is 1. The molecule has 1 aliphatic carbocycles. The molecule has 0 bridgehead atoms. The van der Waals surface area contributed by atoms with Gasteiger partial charge in [0.1, 0.15) is 5.82 Å². The molecule has 1 fully saturated rings. The van der Waals surface area contributed by atoms with Crippen molar-refractivity contribution in [3.63, 3.8) is 0 Å². The molecule has 1 aliphatic rings. The van der Waals surface area contributed by atoms with Crippen LogP contribution in [0.2, 0.25) is 0 Å². The van der Waals surface area contributed by atoms with Gasteiger partial charge in [0, 0.05) is 24.0 Å². The summed E-state index contributed by atoms with van der Waals surface area (Å²) in [5, 5.41) is 9.67. The van der Waals surface area contributed by atoms with E-state index in [0.717, 1.165) is 12.8 Å². The standard InChI is InChI=1S/C16H23FN4OS.HI/c1-18-16(21-13-6-7-14(9-13)23-2)19-10-15(22)20-12-5-3-4-11(17)8-12;/h3-5,8,13-14H,6-7,9-10H2,1-2H3,(H,20,22)(H2,18,19,21);1H. The van der Waals surface area contributed by atoms with Crippen molar-refractivity contribution in [3.05, 3.63) is 30.1 Å². The van der Waals surface area contributed by atoms with Crippen LogP contribution in [0, 0.1) is 5.82 Å². The average molecular weight is 466 g/mol. The Morgan fingerprint density at radius 2 is 2.21 bits per heavy atom. The van der Waals surface area contributed by atoms with E-state index >= 15 is 0 Å². The van der Waals surface area contributed by atoms with Gasteiger partial charge in [-0.1, -0.05) is 6.07 Å². The molecule has 2 unspecified atom stereocenters. The number of halogens is 2. The van der Waals surface area contributed by atoms with Crippen LogP contribution < -0.4 is 16.0 Å². The number of aliphatic imine (C=N–C) groups is 1. The first-order chi connectivity index (χ1) is 11.1. The van der Waals surface area contributed by atoms with Gasteiger partial charge in [0.25, 0.3) is 0 Å². The van der Waals surface area contributed by atoms with E-state index in [2.05, 4.69) is 27.2 Å². The highest BCUT2D eigenvalue weighted by Crippen LogP contribution is 2.27. The van der Waals surface area contributed by atoms with Crippen LogP contribution in [0.3, 0.4) is 0 Å². The summed E-state index contributed by atoms with van der Waals surface area (Å²) in [5.74, 6) is -0.00377. The predicted molar refractivity (Wildman–Crippen MR) is 110 cm³/mol. The van der Waals surface area contributed by atoms with Crippen molar-refractivity contribution in [3.8, 4) is 0 Å². The molecule has 0 aromatic heterocycles. The highest BCUT2D eigenvalue weighted by molar-refractivity contribution is 14.0. The van der Waals surface area contributed by atoms with E-state index in [1.807, 2.05) is 11.8 Å². The Morgan fingerprint density at radius 1 is 1.42 bits per heavy atom. The smallest absolute Gasteiger partial charge is 0.243 e. The molecule has 1 saturated carbocycles. The summed E-state index contributed by atoms with van der Waals surface area (Å²) in [6.07, 6.45) is 5.56. The lowest BCUT2D eigenvalue weighted by Crippen LogP contribution is -2.45. The molecule has 134 valence electrons. The van der Waals surface area contributed by atoms with E-state index in [9.17, 15) is 9.18 Å². The number of carbonyl (C=O) groups excluding carboxylic acids is 1. The van der Waals surface area contributed by atoms with E-state index in [-0.39, 0.29) is 42.2 Å². The summed E-state index contributed by atoms with van der Waals surface area (Å²) in [7, 11) is 1.68. The van der Waals surface area contributed by atoms with Crippen LogP contribution in [0.15, 0.2) is 29.3 Å². The van der Waals surface area contributed by atoms with E-state index in [1.54, 1.807) is 19.2 Å². The molecule has 3 N–H and O–H groups in total. The van der Waals surface area contributed by atoms with Gasteiger partial charge in [-0.3, -0.25) is 9.79 Å². The lowest BCUT2D eigenvalue weighted by atomic mass is 10.2. The summed E-state index contributed by atoms with van der Waals surface area (Å²) in [6, 6.07) is 6.22. The number of nitrogens with one attached hydrogen (secondary N) is 3. The third kappa shape index (κ3) is 6.84. The number of benzene rings is 1. The van der Waals surface area contributed by atoms with Gasteiger partial charge in [-0.05, 0) is 43.7 Å². The molecule has 5 nitrogen and oxygen atoms in total. The minimum atomic E-state index is -0.377. The van der Waals surface area contributed by atoms with Crippen molar-refractivity contribution in [2.75, 3.05) is 25.2 Å². The van der Waals surface area contributed by atoms with Crippen LogP contribution in [0.5, 0.6) is 0 Å². The van der Waals surface area contributed by atoms with Crippen LogP contribution in [-0.2, 0) is 4.79 Å². The average Bonchev–Trinajstić information content (AvgIpc) is 2.99. The number of nitrogens with zero attached hydrogens (tertiary/aromatic N) is 1. The molecule has 0 saturated heterocycles. The second kappa shape index (κ2) is 10.8. The van der Waals surface area contributed by atoms with Crippen LogP contribution in [0.4, 0.5) is 10.1 Å². The van der Waals surface area contributed by atoms with Crippen LogP contribution in [-0.4, -0.2) is 43.0 Å². The van der Waals surface area contributed by atoms with Gasteiger partial charge in [0.2, 0.25) is 5.91 Å². The van der Waals surface area contributed by atoms with Crippen molar-refractivity contribution >= 4 is 53.3 Å². The van der Waals surface area contributed by atoms with E-state index < -0.39 is 0 Å². The number of carbonyl (C=O) groups is 1. The van der Waals surface area contributed by atoms with Crippen molar-refractivity contribution in [1.29, 1.82) is 0 Å². The fourth-order valence-corrected chi connectivity index (χ4v) is 3.41. The number of guanidine groups is 1. The first-order valence-corrected chi connectivity index (χ1v) is 8.95. The van der Waals surface area contributed by atoms with Gasteiger partial charge < -0.3 is 16.0 Å². The highest BCUT2D eigenvalue weighted by atomic mass is 127. The van der Waals surface area contributed by atoms with Crippen LogP contribution in [0.1, 0.15) is 19.3 Å². The lowest BCUT2D eigenvalue weighted by Gasteiger charge is -2.17. The number of hydrogen-bond donors (Lipinski definition) is 3. The molecule has 0 radical (unpaired) electrons. The van der Waals surface area contributed by atoms with Crippen molar-refractivity contribution in [2.24, 2.45) is 4.99 Å². The fraction of sp³-hybridized carbons (Fsp3) is 0.500. The molecule has 0 spiro atoms. The molecular formula is C16H24FIN4OS. The van der Waals surface area contributed by atoms with Gasteiger partial charge in [-0.25, -0.2) is 4.39 Å². The quantitative estimate of drug-likeness (QED) is 0.355. The van der Waals surface area contributed by atoms with Gasteiger partial charge in [0.15, 0.2) is 5.96 Å². The second-order valence-corrected chi connectivity index (χ2v) is 6.63. The summed E-state index contributed by atoms with van der Waals surface area (Å²) >= 11 is 1.90. The van der Waals surface area contributed by atoms with Gasteiger partial charge >= 0.3 is 0 Å². The Bertz CT molecular complexity index is 573. The maximum absolute atomic E-state index is 13.1. The zero-order valence-corrected chi connectivity index (χ0v) is 17.0. The molecule has 0 aliphatic heterocycles. The molecule has 2 rings (SSSR count). The number of amides is 1. The maximum Gasteiger partial charge on any atom is 0.243 e. The van der Waals surface area contributed by atoms with E-state index in [1.165, 1.54) is 18.6 Å². The third-order valence-electron chi connectivity index (χ3n) is 3.81.